The minimum atomic E-state index is 0.423. The van der Waals surface area contributed by atoms with Gasteiger partial charge in [0.05, 0.1) is 0 Å². The summed E-state index contributed by atoms with van der Waals surface area (Å²) in [5.41, 5.74) is 6.07. The van der Waals surface area contributed by atoms with Gasteiger partial charge in [0, 0.05) is 25.2 Å². The highest BCUT2D eigenvalue weighted by atomic mass is 15.2. The quantitative estimate of drug-likeness (QED) is 0.650. The molecule has 1 saturated heterocycles. The third kappa shape index (κ3) is 4.52. The normalized spacial score (nSPS) is 25.8. The first kappa shape index (κ1) is 14.3. The lowest BCUT2D eigenvalue weighted by molar-refractivity contribution is 0.295. The maximum absolute atomic E-state index is 5.65. The van der Waals surface area contributed by atoms with Crippen LogP contribution in [0.1, 0.15) is 52.4 Å². The Morgan fingerprint density at radius 2 is 2.00 bits per heavy atom. The van der Waals surface area contributed by atoms with Crippen molar-refractivity contribution in [3.63, 3.8) is 0 Å². The summed E-state index contributed by atoms with van der Waals surface area (Å²) in [6, 6.07) is 1.70. The summed E-state index contributed by atoms with van der Waals surface area (Å²) >= 11 is 0. The predicted molar refractivity (Wildman–Crippen MR) is 77.7 cm³/mol. The maximum atomic E-state index is 5.65. The molecule has 0 bridgehead atoms. The van der Waals surface area contributed by atoms with E-state index in [1.165, 1.54) is 51.7 Å². The van der Waals surface area contributed by atoms with E-state index in [9.17, 15) is 0 Å². The second-order valence-corrected chi connectivity index (χ2v) is 6.97. The number of hydrogen-bond acceptors (Lipinski definition) is 3. The fourth-order valence-electron chi connectivity index (χ4n) is 3.11. The van der Waals surface area contributed by atoms with E-state index >= 15 is 0 Å². The van der Waals surface area contributed by atoms with Crippen molar-refractivity contribution in [2.24, 2.45) is 11.1 Å². The Morgan fingerprint density at radius 3 is 2.67 bits per heavy atom. The highest BCUT2D eigenvalue weighted by Crippen LogP contribution is 2.30. The van der Waals surface area contributed by atoms with E-state index in [-0.39, 0.29) is 0 Å². The van der Waals surface area contributed by atoms with Crippen molar-refractivity contribution in [1.29, 1.82) is 0 Å². The Labute approximate surface area is 112 Å². The van der Waals surface area contributed by atoms with Crippen LogP contribution in [0.15, 0.2) is 0 Å². The maximum Gasteiger partial charge on any atom is 0.0207 e. The molecule has 1 aliphatic heterocycles. The molecule has 1 saturated carbocycles. The zero-order chi connectivity index (χ0) is 13.0. The van der Waals surface area contributed by atoms with Crippen molar-refractivity contribution >= 4 is 0 Å². The van der Waals surface area contributed by atoms with Crippen LogP contribution in [0, 0.1) is 5.41 Å². The van der Waals surface area contributed by atoms with E-state index in [4.69, 9.17) is 5.73 Å². The van der Waals surface area contributed by atoms with Crippen molar-refractivity contribution in [2.75, 3.05) is 26.2 Å². The molecule has 3 nitrogen and oxygen atoms in total. The number of rotatable bonds is 8. The number of likely N-dealkylation sites (tertiary alicyclic amines) is 1. The van der Waals surface area contributed by atoms with Gasteiger partial charge in [-0.15, -0.1) is 0 Å². The first-order chi connectivity index (χ1) is 8.61. The summed E-state index contributed by atoms with van der Waals surface area (Å²) in [6.07, 6.45) is 7.96. The Morgan fingerprint density at radius 1 is 1.22 bits per heavy atom. The van der Waals surface area contributed by atoms with Gasteiger partial charge in [0.25, 0.3) is 0 Å². The molecule has 1 heterocycles. The molecule has 0 aromatic heterocycles. The molecule has 1 unspecified atom stereocenters. The number of nitrogens with one attached hydrogen (secondary N) is 1. The summed E-state index contributed by atoms with van der Waals surface area (Å²) in [4.78, 5) is 2.68. The summed E-state index contributed by atoms with van der Waals surface area (Å²) in [5, 5.41) is 3.74. The fraction of sp³-hybridized carbons (Fsp3) is 1.00. The van der Waals surface area contributed by atoms with Crippen molar-refractivity contribution in [1.82, 2.24) is 10.2 Å². The minimum Gasteiger partial charge on any atom is -0.330 e. The van der Waals surface area contributed by atoms with E-state index in [0.717, 1.165) is 25.0 Å². The molecule has 0 aromatic carbocycles. The Balaban J connectivity index is 1.53. The predicted octanol–water partition coefficient (Wildman–Crippen LogP) is 1.97. The SMILES string of the molecule is CC(C)(CCN)CCCNC1CCN(C2CC2)C1. The lowest BCUT2D eigenvalue weighted by Crippen LogP contribution is -2.34. The van der Waals surface area contributed by atoms with Crippen molar-refractivity contribution in [2.45, 2.75) is 64.5 Å². The van der Waals surface area contributed by atoms with E-state index in [2.05, 4.69) is 24.1 Å². The molecule has 2 aliphatic rings. The van der Waals surface area contributed by atoms with Gasteiger partial charge in [0.15, 0.2) is 0 Å². The third-order valence-electron chi connectivity index (χ3n) is 4.57. The first-order valence-corrected chi connectivity index (χ1v) is 7.78. The van der Waals surface area contributed by atoms with Gasteiger partial charge in [0.2, 0.25) is 0 Å². The molecule has 18 heavy (non-hydrogen) atoms. The number of nitrogens with two attached hydrogens (primary N) is 1. The van der Waals surface area contributed by atoms with E-state index in [1.807, 2.05) is 0 Å². The van der Waals surface area contributed by atoms with Crippen molar-refractivity contribution in [3.05, 3.63) is 0 Å². The van der Waals surface area contributed by atoms with Crippen molar-refractivity contribution < 1.29 is 0 Å². The Bertz CT molecular complexity index is 248. The summed E-state index contributed by atoms with van der Waals surface area (Å²) in [6.45, 7) is 9.28. The van der Waals surface area contributed by atoms with Crippen LogP contribution >= 0.6 is 0 Å². The van der Waals surface area contributed by atoms with E-state index < -0.39 is 0 Å². The van der Waals surface area contributed by atoms with E-state index in [1.54, 1.807) is 0 Å². The van der Waals surface area contributed by atoms with Crippen molar-refractivity contribution in [3.8, 4) is 0 Å². The Kier molecular flexibility index (Phi) is 5.05. The van der Waals surface area contributed by atoms with Crippen LogP contribution in [-0.2, 0) is 0 Å². The molecular weight excluding hydrogens is 222 g/mol. The van der Waals surface area contributed by atoms with Crippen LogP contribution < -0.4 is 11.1 Å². The summed E-state index contributed by atoms with van der Waals surface area (Å²) in [5.74, 6) is 0. The van der Waals surface area contributed by atoms with Gasteiger partial charge in [-0.3, -0.25) is 4.90 Å². The average molecular weight is 253 g/mol. The largest absolute Gasteiger partial charge is 0.330 e. The van der Waals surface area contributed by atoms with Gasteiger partial charge >= 0.3 is 0 Å². The second-order valence-electron chi connectivity index (χ2n) is 6.97. The van der Waals surface area contributed by atoms with Gasteiger partial charge in [-0.1, -0.05) is 13.8 Å². The Hall–Kier alpha value is -0.120. The van der Waals surface area contributed by atoms with Crippen LogP contribution in [-0.4, -0.2) is 43.2 Å². The van der Waals surface area contributed by atoms with Gasteiger partial charge in [-0.25, -0.2) is 0 Å². The molecular formula is C15H31N3. The molecule has 0 spiro atoms. The second kappa shape index (κ2) is 6.36. The highest BCUT2D eigenvalue weighted by molar-refractivity contribution is 4.91. The zero-order valence-electron chi connectivity index (χ0n) is 12.3. The fourth-order valence-corrected chi connectivity index (χ4v) is 3.11. The third-order valence-corrected chi connectivity index (χ3v) is 4.57. The summed E-state index contributed by atoms with van der Waals surface area (Å²) < 4.78 is 0. The molecule has 0 aromatic rings. The van der Waals surface area contributed by atoms with Gasteiger partial charge in [0.1, 0.15) is 0 Å². The van der Waals surface area contributed by atoms with Gasteiger partial charge < -0.3 is 11.1 Å². The average Bonchev–Trinajstić information content (AvgIpc) is 3.05. The van der Waals surface area contributed by atoms with Gasteiger partial charge in [-0.05, 0) is 57.0 Å². The number of hydrogen-bond donors (Lipinski definition) is 2. The first-order valence-electron chi connectivity index (χ1n) is 7.78. The van der Waals surface area contributed by atoms with E-state index in [0.29, 0.717) is 5.41 Å². The molecule has 2 fully saturated rings. The molecule has 2 rings (SSSR count). The lowest BCUT2D eigenvalue weighted by atomic mass is 9.84. The monoisotopic (exact) mass is 253 g/mol. The topological polar surface area (TPSA) is 41.3 Å². The molecule has 0 amide bonds. The zero-order valence-corrected chi connectivity index (χ0v) is 12.3. The van der Waals surface area contributed by atoms with Crippen LogP contribution in [0.25, 0.3) is 0 Å². The highest BCUT2D eigenvalue weighted by Gasteiger charge is 2.33. The molecule has 3 heteroatoms. The lowest BCUT2D eigenvalue weighted by Gasteiger charge is -2.24. The van der Waals surface area contributed by atoms with Crippen LogP contribution in [0.4, 0.5) is 0 Å². The molecule has 1 aliphatic carbocycles. The van der Waals surface area contributed by atoms with Crippen LogP contribution in [0.5, 0.6) is 0 Å². The number of nitrogens with zero attached hydrogens (tertiary/aromatic N) is 1. The molecule has 1 atom stereocenters. The summed E-state index contributed by atoms with van der Waals surface area (Å²) in [7, 11) is 0. The van der Waals surface area contributed by atoms with Crippen LogP contribution in [0.2, 0.25) is 0 Å². The van der Waals surface area contributed by atoms with Crippen LogP contribution in [0.3, 0.4) is 0 Å². The minimum absolute atomic E-state index is 0.423. The molecule has 3 N–H and O–H groups in total. The smallest absolute Gasteiger partial charge is 0.0207 e. The molecule has 106 valence electrons. The van der Waals surface area contributed by atoms with Gasteiger partial charge in [-0.2, -0.15) is 0 Å². The molecule has 0 radical (unpaired) electrons. The standard InChI is InChI=1S/C15H31N3/c1-15(2,8-9-16)7-3-10-17-13-6-11-18(12-13)14-4-5-14/h13-14,17H,3-12,16H2,1-2H3.